The van der Waals surface area contributed by atoms with Crippen molar-refractivity contribution in [3.63, 3.8) is 0 Å². The maximum absolute atomic E-state index is 10.5. The van der Waals surface area contributed by atoms with Crippen molar-refractivity contribution in [1.29, 1.82) is 0 Å². The third-order valence-electron chi connectivity index (χ3n) is 2.71. The Morgan fingerprint density at radius 3 is 2.84 bits per heavy atom. The summed E-state index contributed by atoms with van der Waals surface area (Å²) < 4.78 is 7.25. The molecule has 1 aromatic carbocycles. The molecular formula is C14H14N2O3. The molecule has 0 bridgehead atoms. The monoisotopic (exact) mass is 258 g/mol. The zero-order valence-electron chi connectivity index (χ0n) is 10.7. The van der Waals surface area contributed by atoms with E-state index in [4.69, 9.17) is 9.84 Å². The summed E-state index contributed by atoms with van der Waals surface area (Å²) in [5.74, 6) is 0.536. The molecule has 5 nitrogen and oxygen atoms in total. The molecule has 0 saturated carbocycles. The highest BCUT2D eigenvalue weighted by atomic mass is 16.5. The number of hydrogen-bond acceptors (Lipinski definition) is 3. The highest BCUT2D eigenvalue weighted by Gasteiger charge is 2.07. The van der Waals surface area contributed by atoms with Gasteiger partial charge in [0.25, 0.3) is 0 Å². The lowest BCUT2D eigenvalue weighted by atomic mass is 10.1. The second kappa shape index (κ2) is 5.39. The van der Waals surface area contributed by atoms with Crippen LogP contribution in [-0.4, -0.2) is 27.7 Å². The van der Waals surface area contributed by atoms with Crippen LogP contribution in [0, 0.1) is 6.92 Å². The number of aliphatic carboxylic acids is 1. The van der Waals surface area contributed by atoms with Gasteiger partial charge in [0.1, 0.15) is 11.6 Å². The van der Waals surface area contributed by atoms with E-state index in [0.717, 1.165) is 23.2 Å². The number of methoxy groups -OCH3 is 1. The molecule has 0 aliphatic heterocycles. The van der Waals surface area contributed by atoms with Crippen LogP contribution in [0.5, 0.6) is 5.75 Å². The first-order valence-corrected chi connectivity index (χ1v) is 5.71. The second-order valence-corrected chi connectivity index (χ2v) is 3.95. The molecular weight excluding hydrogens is 244 g/mol. The molecule has 0 fully saturated rings. The van der Waals surface area contributed by atoms with Gasteiger partial charge in [-0.05, 0) is 30.7 Å². The molecule has 0 aliphatic rings. The molecule has 1 aromatic heterocycles. The topological polar surface area (TPSA) is 64.3 Å². The largest absolute Gasteiger partial charge is 0.495 e. The Balaban J connectivity index is 2.43. The number of imidazole rings is 1. The van der Waals surface area contributed by atoms with Gasteiger partial charge in [0.05, 0.1) is 12.8 Å². The molecule has 0 atom stereocenters. The quantitative estimate of drug-likeness (QED) is 0.854. The zero-order chi connectivity index (χ0) is 13.8. The Morgan fingerprint density at radius 2 is 2.26 bits per heavy atom. The Kier molecular flexibility index (Phi) is 3.66. The van der Waals surface area contributed by atoms with Crippen molar-refractivity contribution < 1.29 is 14.6 Å². The lowest BCUT2D eigenvalue weighted by molar-refractivity contribution is -0.131. The van der Waals surface area contributed by atoms with Crippen molar-refractivity contribution in [2.45, 2.75) is 6.92 Å². The number of nitrogens with zero attached hydrogens (tertiary/aromatic N) is 2. The van der Waals surface area contributed by atoms with Crippen LogP contribution in [0.25, 0.3) is 11.8 Å². The van der Waals surface area contributed by atoms with Crippen molar-refractivity contribution in [1.82, 2.24) is 9.55 Å². The first-order chi connectivity index (χ1) is 9.11. The average molecular weight is 258 g/mol. The van der Waals surface area contributed by atoms with Gasteiger partial charge in [-0.2, -0.15) is 0 Å². The van der Waals surface area contributed by atoms with E-state index < -0.39 is 5.97 Å². The molecule has 0 unspecified atom stereocenters. The Labute approximate surface area is 110 Å². The number of carbonyl (C=O) groups is 1. The number of aromatic nitrogens is 2. The molecule has 0 aliphatic carbocycles. The van der Waals surface area contributed by atoms with Crippen LogP contribution in [-0.2, 0) is 4.79 Å². The molecule has 98 valence electrons. The SMILES string of the molecule is COc1cc(/C=C/C(=O)O)ccc1-n1ccnc1C. The standard InChI is InChI=1S/C14H14N2O3/c1-10-15-7-8-16(10)12-5-3-11(4-6-14(17)18)9-13(12)19-2/h3-9H,1-2H3,(H,17,18)/b6-4+. The zero-order valence-corrected chi connectivity index (χ0v) is 10.7. The van der Waals surface area contributed by atoms with E-state index >= 15 is 0 Å². The maximum Gasteiger partial charge on any atom is 0.328 e. The van der Waals surface area contributed by atoms with Gasteiger partial charge in [0.2, 0.25) is 0 Å². The van der Waals surface area contributed by atoms with Gasteiger partial charge < -0.3 is 14.4 Å². The van der Waals surface area contributed by atoms with E-state index in [-0.39, 0.29) is 0 Å². The average Bonchev–Trinajstić information content (AvgIpc) is 2.82. The number of benzene rings is 1. The van der Waals surface area contributed by atoms with Crippen molar-refractivity contribution >= 4 is 12.0 Å². The van der Waals surface area contributed by atoms with Gasteiger partial charge in [0, 0.05) is 18.5 Å². The minimum absolute atomic E-state index is 0.661. The molecule has 19 heavy (non-hydrogen) atoms. The Hall–Kier alpha value is -2.56. The van der Waals surface area contributed by atoms with Gasteiger partial charge in [-0.25, -0.2) is 9.78 Å². The number of carboxylic acid groups (broad SMARTS) is 1. The second-order valence-electron chi connectivity index (χ2n) is 3.95. The van der Waals surface area contributed by atoms with Crippen LogP contribution in [0.4, 0.5) is 0 Å². The van der Waals surface area contributed by atoms with Gasteiger partial charge in [-0.15, -0.1) is 0 Å². The van der Waals surface area contributed by atoms with E-state index in [9.17, 15) is 4.79 Å². The molecule has 5 heteroatoms. The number of rotatable bonds is 4. The number of hydrogen-bond donors (Lipinski definition) is 1. The lowest BCUT2D eigenvalue weighted by Gasteiger charge is -2.11. The normalized spacial score (nSPS) is 10.8. The van der Waals surface area contributed by atoms with Crippen LogP contribution in [0.3, 0.4) is 0 Å². The lowest BCUT2D eigenvalue weighted by Crippen LogP contribution is -1.99. The summed E-state index contributed by atoms with van der Waals surface area (Å²) in [6.45, 7) is 1.90. The van der Waals surface area contributed by atoms with Crippen molar-refractivity contribution in [2.75, 3.05) is 7.11 Å². The van der Waals surface area contributed by atoms with E-state index in [1.165, 1.54) is 6.08 Å². The molecule has 2 rings (SSSR count). The van der Waals surface area contributed by atoms with Gasteiger partial charge in [0.15, 0.2) is 0 Å². The predicted octanol–water partition coefficient (Wildman–Crippen LogP) is 2.29. The fourth-order valence-electron chi connectivity index (χ4n) is 1.80. The minimum atomic E-state index is -0.978. The molecule has 1 N–H and O–H groups in total. The predicted molar refractivity (Wildman–Crippen MR) is 71.5 cm³/mol. The summed E-state index contributed by atoms with van der Waals surface area (Å²) in [6.07, 6.45) is 6.18. The molecule has 0 amide bonds. The van der Waals surface area contributed by atoms with E-state index in [1.807, 2.05) is 29.8 Å². The van der Waals surface area contributed by atoms with E-state index in [1.54, 1.807) is 19.4 Å². The summed E-state index contributed by atoms with van der Waals surface area (Å²) >= 11 is 0. The third kappa shape index (κ3) is 2.82. The van der Waals surface area contributed by atoms with Crippen LogP contribution in [0.1, 0.15) is 11.4 Å². The molecule has 0 radical (unpaired) electrons. The summed E-state index contributed by atoms with van der Waals surface area (Å²) in [4.78, 5) is 14.7. The number of ether oxygens (including phenoxy) is 1. The van der Waals surface area contributed by atoms with Crippen LogP contribution >= 0.6 is 0 Å². The van der Waals surface area contributed by atoms with Crippen LogP contribution < -0.4 is 4.74 Å². The van der Waals surface area contributed by atoms with Crippen molar-refractivity contribution in [3.05, 3.63) is 48.1 Å². The van der Waals surface area contributed by atoms with Crippen molar-refractivity contribution in [3.8, 4) is 11.4 Å². The van der Waals surface area contributed by atoms with Crippen molar-refractivity contribution in [2.24, 2.45) is 0 Å². The highest BCUT2D eigenvalue weighted by molar-refractivity contribution is 5.85. The Morgan fingerprint density at radius 1 is 1.47 bits per heavy atom. The van der Waals surface area contributed by atoms with E-state index in [0.29, 0.717) is 5.75 Å². The summed E-state index contributed by atoms with van der Waals surface area (Å²) in [6, 6.07) is 5.49. The van der Waals surface area contributed by atoms with E-state index in [2.05, 4.69) is 4.98 Å². The van der Waals surface area contributed by atoms with Gasteiger partial charge in [-0.3, -0.25) is 0 Å². The molecule has 0 spiro atoms. The third-order valence-corrected chi connectivity index (χ3v) is 2.71. The number of aryl methyl sites for hydroxylation is 1. The summed E-state index contributed by atoms with van der Waals surface area (Å²) in [5.41, 5.74) is 1.63. The highest BCUT2D eigenvalue weighted by Crippen LogP contribution is 2.25. The fourth-order valence-corrected chi connectivity index (χ4v) is 1.80. The first-order valence-electron chi connectivity index (χ1n) is 5.71. The van der Waals surface area contributed by atoms with Crippen LogP contribution in [0.2, 0.25) is 0 Å². The molecule has 0 saturated heterocycles. The smallest absolute Gasteiger partial charge is 0.328 e. The van der Waals surface area contributed by atoms with Crippen LogP contribution in [0.15, 0.2) is 36.7 Å². The molecule has 1 heterocycles. The summed E-state index contributed by atoms with van der Waals surface area (Å²) in [7, 11) is 1.58. The van der Waals surface area contributed by atoms with Gasteiger partial charge in [-0.1, -0.05) is 6.07 Å². The fraction of sp³-hybridized carbons (Fsp3) is 0.143. The maximum atomic E-state index is 10.5. The number of carboxylic acids is 1. The van der Waals surface area contributed by atoms with Gasteiger partial charge >= 0.3 is 5.97 Å². The first kappa shape index (κ1) is 12.9. The minimum Gasteiger partial charge on any atom is -0.495 e. The summed E-state index contributed by atoms with van der Waals surface area (Å²) in [5, 5.41) is 8.61. The Bertz CT molecular complexity index is 629. The molecule has 2 aromatic rings.